The average molecular weight is 245 g/mol. The van der Waals surface area contributed by atoms with Gasteiger partial charge in [-0.15, -0.1) is 0 Å². The molecule has 0 saturated heterocycles. The lowest BCUT2D eigenvalue weighted by Gasteiger charge is -2.20. The SMILES string of the molecule is CN(C)CCN(C)C(=O)c1cccc2[nH]ccc12. The number of aromatic nitrogens is 1. The van der Waals surface area contributed by atoms with Crippen LogP contribution in [0.5, 0.6) is 0 Å². The molecule has 18 heavy (non-hydrogen) atoms. The van der Waals surface area contributed by atoms with Crippen LogP contribution in [0.15, 0.2) is 30.5 Å². The third kappa shape index (κ3) is 2.54. The molecule has 0 fully saturated rings. The van der Waals surface area contributed by atoms with Crippen molar-refractivity contribution in [2.45, 2.75) is 0 Å². The smallest absolute Gasteiger partial charge is 0.254 e. The number of likely N-dealkylation sites (N-methyl/N-ethyl adjacent to an activating group) is 2. The first-order valence-electron chi connectivity index (χ1n) is 6.06. The van der Waals surface area contributed by atoms with E-state index in [9.17, 15) is 4.79 Å². The zero-order valence-electron chi connectivity index (χ0n) is 11.1. The maximum Gasteiger partial charge on any atom is 0.254 e. The summed E-state index contributed by atoms with van der Waals surface area (Å²) in [6, 6.07) is 7.71. The molecule has 0 saturated carbocycles. The number of nitrogens with one attached hydrogen (secondary N) is 1. The van der Waals surface area contributed by atoms with Crippen LogP contribution < -0.4 is 0 Å². The van der Waals surface area contributed by atoms with Gasteiger partial charge in [0, 0.05) is 42.8 Å². The van der Waals surface area contributed by atoms with E-state index < -0.39 is 0 Å². The van der Waals surface area contributed by atoms with Crippen molar-refractivity contribution in [3.63, 3.8) is 0 Å². The Labute approximate surface area is 107 Å². The predicted octanol–water partition coefficient (Wildman–Crippen LogP) is 1.80. The lowest BCUT2D eigenvalue weighted by molar-refractivity contribution is 0.0788. The number of fused-ring (bicyclic) bond motifs is 1. The molecular formula is C14H19N3O. The summed E-state index contributed by atoms with van der Waals surface area (Å²) in [7, 11) is 5.85. The number of carbonyl (C=O) groups excluding carboxylic acids is 1. The molecule has 0 atom stereocenters. The molecule has 4 heteroatoms. The maximum atomic E-state index is 12.4. The van der Waals surface area contributed by atoms with Gasteiger partial charge in [0.2, 0.25) is 0 Å². The standard InChI is InChI=1S/C14H19N3O/c1-16(2)9-10-17(3)14(18)12-5-4-6-13-11(12)7-8-15-13/h4-8,15H,9-10H2,1-3H3. The molecule has 0 spiro atoms. The van der Waals surface area contributed by atoms with Crippen molar-refractivity contribution in [3.8, 4) is 0 Å². The molecule has 0 bridgehead atoms. The highest BCUT2D eigenvalue weighted by atomic mass is 16.2. The number of nitrogens with zero attached hydrogens (tertiary/aromatic N) is 2. The second kappa shape index (κ2) is 5.23. The zero-order valence-corrected chi connectivity index (χ0v) is 11.1. The number of hydrogen-bond donors (Lipinski definition) is 1. The van der Waals surface area contributed by atoms with Crippen LogP contribution in [0.2, 0.25) is 0 Å². The second-order valence-corrected chi connectivity index (χ2v) is 4.77. The predicted molar refractivity (Wildman–Crippen MR) is 73.8 cm³/mol. The van der Waals surface area contributed by atoms with Crippen molar-refractivity contribution in [2.24, 2.45) is 0 Å². The number of rotatable bonds is 4. The Hall–Kier alpha value is -1.81. The quantitative estimate of drug-likeness (QED) is 0.892. The van der Waals surface area contributed by atoms with Crippen LogP contribution in [0, 0.1) is 0 Å². The van der Waals surface area contributed by atoms with Gasteiger partial charge in [-0.3, -0.25) is 4.79 Å². The van der Waals surface area contributed by atoms with E-state index in [-0.39, 0.29) is 5.91 Å². The Bertz CT molecular complexity index is 545. The van der Waals surface area contributed by atoms with E-state index in [0.29, 0.717) is 0 Å². The molecule has 0 unspecified atom stereocenters. The van der Waals surface area contributed by atoms with Gasteiger partial charge in [0.05, 0.1) is 0 Å². The molecule has 4 nitrogen and oxygen atoms in total. The van der Waals surface area contributed by atoms with Gasteiger partial charge in [0.25, 0.3) is 5.91 Å². The summed E-state index contributed by atoms with van der Waals surface area (Å²) in [4.78, 5) is 19.3. The van der Waals surface area contributed by atoms with Crippen LogP contribution in [-0.2, 0) is 0 Å². The molecule has 2 aromatic rings. The summed E-state index contributed by atoms with van der Waals surface area (Å²) in [5.74, 6) is 0.0713. The van der Waals surface area contributed by atoms with Crippen LogP contribution >= 0.6 is 0 Å². The number of H-pyrrole nitrogens is 1. The van der Waals surface area contributed by atoms with Crippen LogP contribution in [-0.4, -0.2) is 54.9 Å². The minimum Gasteiger partial charge on any atom is -0.361 e. The number of benzene rings is 1. The molecule has 96 valence electrons. The van der Waals surface area contributed by atoms with Crippen LogP contribution in [0.3, 0.4) is 0 Å². The van der Waals surface area contributed by atoms with Crippen molar-refractivity contribution >= 4 is 16.8 Å². The minimum atomic E-state index is 0.0713. The number of aromatic amines is 1. The molecule has 0 aliphatic rings. The molecule has 2 rings (SSSR count). The molecule has 0 aliphatic carbocycles. The number of hydrogen-bond acceptors (Lipinski definition) is 2. The molecule has 0 aliphatic heterocycles. The van der Waals surface area contributed by atoms with E-state index in [1.807, 2.05) is 51.6 Å². The van der Waals surface area contributed by atoms with Gasteiger partial charge in [-0.2, -0.15) is 0 Å². The monoisotopic (exact) mass is 245 g/mol. The van der Waals surface area contributed by atoms with E-state index in [4.69, 9.17) is 0 Å². The van der Waals surface area contributed by atoms with E-state index >= 15 is 0 Å². The van der Waals surface area contributed by atoms with E-state index in [1.54, 1.807) is 4.90 Å². The van der Waals surface area contributed by atoms with Gasteiger partial charge in [-0.05, 0) is 32.3 Å². The first kappa shape index (κ1) is 12.6. The van der Waals surface area contributed by atoms with Crippen LogP contribution in [0.25, 0.3) is 10.9 Å². The maximum absolute atomic E-state index is 12.4. The fourth-order valence-corrected chi connectivity index (χ4v) is 1.93. The lowest BCUT2D eigenvalue weighted by atomic mass is 10.1. The van der Waals surface area contributed by atoms with E-state index in [2.05, 4.69) is 9.88 Å². The summed E-state index contributed by atoms with van der Waals surface area (Å²) in [5, 5.41) is 0.985. The average Bonchev–Trinajstić information content (AvgIpc) is 2.82. The molecular weight excluding hydrogens is 226 g/mol. The topological polar surface area (TPSA) is 39.3 Å². The molecule has 1 aromatic carbocycles. The van der Waals surface area contributed by atoms with Crippen molar-refractivity contribution in [1.82, 2.24) is 14.8 Å². The summed E-state index contributed by atoms with van der Waals surface area (Å²) >= 11 is 0. The fourth-order valence-electron chi connectivity index (χ4n) is 1.93. The van der Waals surface area contributed by atoms with Crippen LogP contribution in [0.1, 0.15) is 10.4 Å². The Balaban J connectivity index is 2.20. The van der Waals surface area contributed by atoms with Gasteiger partial charge in [0.1, 0.15) is 0 Å². The van der Waals surface area contributed by atoms with E-state index in [1.165, 1.54) is 0 Å². The lowest BCUT2D eigenvalue weighted by Crippen LogP contribution is -2.33. The number of amides is 1. The Morgan fingerprint density at radius 2 is 1.94 bits per heavy atom. The van der Waals surface area contributed by atoms with Crippen molar-refractivity contribution in [2.75, 3.05) is 34.2 Å². The van der Waals surface area contributed by atoms with Gasteiger partial charge in [0.15, 0.2) is 0 Å². The molecule has 1 heterocycles. The number of carbonyl (C=O) groups is 1. The van der Waals surface area contributed by atoms with E-state index in [0.717, 1.165) is 29.6 Å². The normalized spacial score (nSPS) is 11.1. The zero-order chi connectivity index (χ0) is 13.1. The Morgan fingerprint density at radius 1 is 1.17 bits per heavy atom. The first-order valence-corrected chi connectivity index (χ1v) is 6.06. The van der Waals surface area contributed by atoms with Gasteiger partial charge < -0.3 is 14.8 Å². The summed E-state index contributed by atoms with van der Waals surface area (Å²) in [5.41, 5.74) is 1.76. The third-order valence-corrected chi connectivity index (χ3v) is 3.05. The van der Waals surface area contributed by atoms with Crippen molar-refractivity contribution < 1.29 is 4.79 Å². The van der Waals surface area contributed by atoms with Gasteiger partial charge >= 0.3 is 0 Å². The summed E-state index contributed by atoms with van der Waals surface area (Å²) in [6.07, 6.45) is 1.86. The Kier molecular flexibility index (Phi) is 3.67. The molecule has 1 aromatic heterocycles. The highest BCUT2D eigenvalue weighted by molar-refractivity contribution is 6.06. The van der Waals surface area contributed by atoms with Crippen molar-refractivity contribution in [3.05, 3.63) is 36.0 Å². The van der Waals surface area contributed by atoms with Crippen LogP contribution in [0.4, 0.5) is 0 Å². The summed E-state index contributed by atoms with van der Waals surface area (Å²) < 4.78 is 0. The molecule has 0 radical (unpaired) electrons. The molecule has 1 amide bonds. The molecule has 1 N–H and O–H groups in total. The Morgan fingerprint density at radius 3 is 2.67 bits per heavy atom. The van der Waals surface area contributed by atoms with Crippen molar-refractivity contribution in [1.29, 1.82) is 0 Å². The van der Waals surface area contributed by atoms with Gasteiger partial charge in [-0.1, -0.05) is 6.07 Å². The minimum absolute atomic E-state index is 0.0713. The first-order chi connectivity index (χ1) is 8.59. The van der Waals surface area contributed by atoms with Gasteiger partial charge in [-0.25, -0.2) is 0 Å². The second-order valence-electron chi connectivity index (χ2n) is 4.77. The summed E-state index contributed by atoms with van der Waals surface area (Å²) in [6.45, 7) is 1.60. The fraction of sp³-hybridized carbons (Fsp3) is 0.357. The third-order valence-electron chi connectivity index (χ3n) is 3.05. The highest BCUT2D eigenvalue weighted by Crippen LogP contribution is 2.18. The largest absolute Gasteiger partial charge is 0.361 e. The highest BCUT2D eigenvalue weighted by Gasteiger charge is 2.14.